The summed E-state index contributed by atoms with van der Waals surface area (Å²) in [6.07, 6.45) is 2.57. The van der Waals surface area contributed by atoms with Crippen LogP contribution in [0.15, 0.2) is 40.9 Å². The molecule has 1 aliphatic rings. The first-order valence-corrected chi connectivity index (χ1v) is 7.87. The molecule has 0 aliphatic heterocycles. The molecule has 0 bridgehead atoms. The van der Waals surface area contributed by atoms with E-state index in [1.807, 2.05) is 12.1 Å². The first-order chi connectivity index (χ1) is 10.1. The molecule has 0 atom stereocenters. The highest BCUT2D eigenvalue weighted by Crippen LogP contribution is 2.31. The molecule has 21 heavy (non-hydrogen) atoms. The van der Waals surface area contributed by atoms with Crippen LogP contribution in [0.1, 0.15) is 24.0 Å². The number of benzene rings is 2. The Balaban J connectivity index is 1.73. The Morgan fingerprint density at radius 2 is 2.05 bits per heavy atom. The molecule has 1 N–H and O–H groups in total. The Morgan fingerprint density at radius 3 is 2.76 bits per heavy atom. The normalized spacial score (nSPS) is 14.2. The molecule has 1 fully saturated rings. The van der Waals surface area contributed by atoms with Crippen molar-refractivity contribution in [3.05, 3.63) is 57.8 Å². The minimum absolute atomic E-state index is 0.310. The molecule has 0 amide bonds. The van der Waals surface area contributed by atoms with Crippen molar-refractivity contribution >= 4 is 15.9 Å². The number of ether oxygens (including phenoxy) is 1. The lowest BCUT2D eigenvalue weighted by atomic mass is 10.1. The predicted octanol–water partition coefficient (Wildman–Crippen LogP) is 4.94. The molecule has 0 saturated heterocycles. The van der Waals surface area contributed by atoms with Crippen LogP contribution in [0.3, 0.4) is 0 Å². The van der Waals surface area contributed by atoms with E-state index < -0.39 is 0 Å². The van der Waals surface area contributed by atoms with Gasteiger partial charge in [-0.1, -0.05) is 6.07 Å². The number of halogens is 2. The lowest BCUT2D eigenvalue weighted by molar-refractivity contribution is 0.473. The summed E-state index contributed by atoms with van der Waals surface area (Å²) in [5, 5.41) is 3.50. The summed E-state index contributed by atoms with van der Waals surface area (Å²) >= 11 is 3.37. The quantitative estimate of drug-likeness (QED) is 0.825. The van der Waals surface area contributed by atoms with Gasteiger partial charge in [0.05, 0.1) is 4.47 Å². The molecule has 0 aromatic heterocycles. The standard InChI is InChI=1S/C17H17BrFNO/c1-11-8-15(6-2-12(11)10-20-14-4-5-14)21-17-9-13(19)3-7-16(17)18/h2-3,6-9,14,20H,4-5,10H2,1H3. The summed E-state index contributed by atoms with van der Waals surface area (Å²) in [5.41, 5.74) is 2.45. The Hall–Kier alpha value is -1.39. The molecule has 110 valence electrons. The van der Waals surface area contributed by atoms with Gasteiger partial charge >= 0.3 is 0 Å². The maximum Gasteiger partial charge on any atom is 0.144 e. The van der Waals surface area contributed by atoms with Gasteiger partial charge in [0.15, 0.2) is 0 Å². The van der Waals surface area contributed by atoms with Crippen molar-refractivity contribution in [2.75, 3.05) is 0 Å². The van der Waals surface area contributed by atoms with Crippen molar-refractivity contribution in [2.45, 2.75) is 32.4 Å². The fourth-order valence-electron chi connectivity index (χ4n) is 2.15. The van der Waals surface area contributed by atoms with Crippen molar-refractivity contribution < 1.29 is 9.13 Å². The van der Waals surface area contributed by atoms with Crippen LogP contribution in [0, 0.1) is 12.7 Å². The van der Waals surface area contributed by atoms with Gasteiger partial charge in [0, 0.05) is 18.7 Å². The van der Waals surface area contributed by atoms with E-state index in [9.17, 15) is 4.39 Å². The second kappa shape index (κ2) is 6.16. The summed E-state index contributed by atoms with van der Waals surface area (Å²) in [7, 11) is 0. The van der Waals surface area contributed by atoms with Crippen LogP contribution in [0.4, 0.5) is 4.39 Å². The van der Waals surface area contributed by atoms with Crippen molar-refractivity contribution in [1.82, 2.24) is 5.32 Å². The van der Waals surface area contributed by atoms with E-state index in [-0.39, 0.29) is 5.82 Å². The average molecular weight is 350 g/mol. The zero-order valence-corrected chi connectivity index (χ0v) is 13.4. The molecule has 3 rings (SSSR count). The van der Waals surface area contributed by atoms with Crippen LogP contribution in [0.5, 0.6) is 11.5 Å². The van der Waals surface area contributed by atoms with Gasteiger partial charge in [0.2, 0.25) is 0 Å². The first kappa shape index (κ1) is 14.5. The van der Waals surface area contributed by atoms with E-state index >= 15 is 0 Å². The molecule has 0 radical (unpaired) electrons. The minimum atomic E-state index is -0.310. The van der Waals surface area contributed by atoms with Crippen molar-refractivity contribution in [3.8, 4) is 11.5 Å². The van der Waals surface area contributed by atoms with Crippen LogP contribution in [0.2, 0.25) is 0 Å². The molecule has 0 heterocycles. The van der Waals surface area contributed by atoms with Gasteiger partial charge in [-0.3, -0.25) is 0 Å². The highest BCUT2D eigenvalue weighted by Gasteiger charge is 2.20. The molecule has 0 spiro atoms. The smallest absolute Gasteiger partial charge is 0.144 e. The van der Waals surface area contributed by atoms with Gasteiger partial charge in [-0.15, -0.1) is 0 Å². The molecule has 2 aromatic rings. The summed E-state index contributed by atoms with van der Waals surface area (Å²) in [6.45, 7) is 2.96. The van der Waals surface area contributed by atoms with Gasteiger partial charge in [0.25, 0.3) is 0 Å². The minimum Gasteiger partial charge on any atom is -0.456 e. The maximum atomic E-state index is 13.3. The van der Waals surface area contributed by atoms with Crippen molar-refractivity contribution in [2.24, 2.45) is 0 Å². The number of nitrogens with one attached hydrogen (secondary N) is 1. The van der Waals surface area contributed by atoms with Crippen LogP contribution in [-0.2, 0) is 6.54 Å². The third-order valence-corrected chi connectivity index (χ3v) is 4.25. The fourth-order valence-corrected chi connectivity index (χ4v) is 2.48. The van der Waals surface area contributed by atoms with Gasteiger partial charge in [-0.25, -0.2) is 4.39 Å². The number of aryl methyl sites for hydroxylation is 1. The first-order valence-electron chi connectivity index (χ1n) is 7.07. The van der Waals surface area contributed by atoms with Crippen LogP contribution < -0.4 is 10.1 Å². The molecular formula is C17H17BrFNO. The second-order valence-electron chi connectivity index (χ2n) is 5.42. The van der Waals surface area contributed by atoms with E-state index in [0.29, 0.717) is 17.5 Å². The largest absolute Gasteiger partial charge is 0.456 e. The lowest BCUT2D eigenvalue weighted by Crippen LogP contribution is -2.15. The molecule has 2 aromatic carbocycles. The maximum absolute atomic E-state index is 13.3. The van der Waals surface area contributed by atoms with E-state index in [4.69, 9.17) is 4.74 Å². The fraction of sp³-hybridized carbons (Fsp3) is 0.294. The van der Waals surface area contributed by atoms with Crippen molar-refractivity contribution in [1.29, 1.82) is 0 Å². The number of hydrogen-bond donors (Lipinski definition) is 1. The zero-order chi connectivity index (χ0) is 14.8. The third kappa shape index (κ3) is 3.83. The Morgan fingerprint density at radius 1 is 1.24 bits per heavy atom. The third-order valence-electron chi connectivity index (χ3n) is 3.59. The molecular weight excluding hydrogens is 333 g/mol. The van der Waals surface area contributed by atoms with Crippen LogP contribution in [0.25, 0.3) is 0 Å². The highest BCUT2D eigenvalue weighted by molar-refractivity contribution is 9.10. The topological polar surface area (TPSA) is 21.3 Å². The molecule has 4 heteroatoms. The van der Waals surface area contributed by atoms with E-state index in [2.05, 4.69) is 34.2 Å². The summed E-state index contributed by atoms with van der Waals surface area (Å²) < 4.78 is 19.8. The molecule has 1 aliphatic carbocycles. The average Bonchev–Trinajstić information content (AvgIpc) is 3.26. The van der Waals surface area contributed by atoms with E-state index in [1.165, 1.54) is 36.1 Å². The predicted molar refractivity (Wildman–Crippen MR) is 85.2 cm³/mol. The Kier molecular flexibility index (Phi) is 4.27. The number of hydrogen-bond acceptors (Lipinski definition) is 2. The van der Waals surface area contributed by atoms with Crippen LogP contribution >= 0.6 is 15.9 Å². The lowest BCUT2D eigenvalue weighted by Gasteiger charge is -2.11. The van der Waals surface area contributed by atoms with E-state index in [0.717, 1.165) is 11.0 Å². The summed E-state index contributed by atoms with van der Waals surface area (Å²) in [4.78, 5) is 0. The Bertz CT molecular complexity index is 655. The van der Waals surface area contributed by atoms with E-state index in [1.54, 1.807) is 6.07 Å². The SMILES string of the molecule is Cc1cc(Oc2cc(F)ccc2Br)ccc1CNC1CC1. The van der Waals surface area contributed by atoms with Crippen LogP contribution in [-0.4, -0.2) is 6.04 Å². The highest BCUT2D eigenvalue weighted by atomic mass is 79.9. The van der Waals surface area contributed by atoms with Gasteiger partial charge < -0.3 is 10.1 Å². The number of rotatable bonds is 5. The zero-order valence-electron chi connectivity index (χ0n) is 11.8. The monoisotopic (exact) mass is 349 g/mol. The second-order valence-corrected chi connectivity index (χ2v) is 6.27. The van der Waals surface area contributed by atoms with Gasteiger partial charge in [-0.2, -0.15) is 0 Å². The van der Waals surface area contributed by atoms with Gasteiger partial charge in [0.1, 0.15) is 17.3 Å². The molecule has 2 nitrogen and oxygen atoms in total. The van der Waals surface area contributed by atoms with Gasteiger partial charge in [-0.05, 0) is 71.1 Å². The Labute approximate surface area is 132 Å². The van der Waals surface area contributed by atoms with Crippen molar-refractivity contribution in [3.63, 3.8) is 0 Å². The summed E-state index contributed by atoms with van der Waals surface area (Å²) in [5.74, 6) is 0.891. The molecule has 1 saturated carbocycles. The molecule has 0 unspecified atom stereocenters. The summed E-state index contributed by atoms with van der Waals surface area (Å²) in [6, 6.07) is 11.1.